The molecule has 88 valence electrons. The zero-order valence-corrected chi connectivity index (χ0v) is 11.8. The van der Waals surface area contributed by atoms with Gasteiger partial charge in [0.15, 0.2) is 0 Å². The van der Waals surface area contributed by atoms with E-state index in [-0.39, 0.29) is 11.8 Å². The normalized spacial score (nSPS) is 9.47. The Morgan fingerprint density at radius 3 is 1.88 bits per heavy atom. The molecule has 17 heavy (non-hydrogen) atoms. The molecule has 0 bridgehead atoms. The molecule has 0 heterocycles. The zero-order chi connectivity index (χ0) is 12.7. The second-order valence-corrected chi connectivity index (χ2v) is 7.70. The molecule has 0 aromatic heterocycles. The van der Waals surface area contributed by atoms with Crippen LogP contribution in [0, 0.1) is 0 Å². The summed E-state index contributed by atoms with van der Waals surface area (Å²) >= 11 is -2.56. The van der Waals surface area contributed by atoms with Gasteiger partial charge in [-0.2, -0.15) is 0 Å². The third-order valence-electron chi connectivity index (χ3n) is 1.83. The Labute approximate surface area is 108 Å². The summed E-state index contributed by atoms with van der Waals surface area (Å²) in [6.45, 7) is 6.78. The van der Waals surface area contributed by atoms with E-state index in [1.165, 1.54) is 12.2 Å². The van der Waals surface area contributed by atoms with E-state index in [9.17, 15) is 9.59 Å². The fourth-order valence-electron chi connectivity index (χ4n) is 1.05. The minimum absolute atomic E-state index is 0.277. The molecule has 1 rings (SSSR count). The number of carbonyl (C=O) groups excluding carboxylic acids is 2. The first-order valence-electron chi connectivity index (χ1n) is 4.88. The molecule has 0 saturated carbocycles. The molecule has 0 aliphatic heterocycles. The molecule has 1 aromatic rings. The molecule has 0 spiro atoms. The number of nitrogens with one attached hydrogen (secondary N) is 2. The van der Waals surface area contributed by atoms with E-state index in [4.69, 9.17) is 0 Å². The Balaban J connectivity index is 2.86. The molecule has 0 radical (unpaired) electrons. The van der Waals surface area contributed by atoms with Gasteiger partial charge >= 0.3 is 108 Å². The van der Waals surface area contributed by atoms with Gasteiger partial charge < -0.3 is 0 Å². The van der Waals surface area contributed by atoms with E-state index < -0.39 is 20.8 Å². The second-order valence-electron chi connectivity index (χ2n) is 3.03. The van der Waals surface area contributed by atoms with E-state index in [2.05, 4.69) is 20.1 Å². The maximum atomic E-state index is 11.3. The summed E-state index contributed by atoms with van der Waals surface area (Å²) in [7, 11) is 0. The molecule has 0 atom stereocenters. The van der Waals surface area contributed by atoms with Crippen molar-refractivity contribution in [2.75, 3.05) is 0 Å². The van der Waals surface area contributed by atoms with Crippen molar-refractivity contribution in [2.45, 2.75) is 0 Å². The molecule has 2 N–H and O–H groups in total. The Hall–Kier alpha value is -1.54. The fraction of sp³-hybridized carbons (Fsp3) is 0. The second kappa shape index (κ2) is 6.92. The van der Waals surface area contributed by atoms with E-state index in [0.717, 1.165) is 3.51 Å². The molecule has 0 unspecified atom stereocenters. The molecule has 2 amide bonds. The van der Waals surface area contributed by atoms with Crippen LogP contribution in [0.1, 0.15) is 0 Å². The monoisotopic (exact) mass is 338 g/mol. The van der Waals surface area contributed by atoms with Crippen molar-refractivity contribution < 1.29 is 9.59 Å². The van der Waals surface area contributed by atoms with Crippen LogP contribution in [0.2, 0.25) is 0 Å². The van der Waals surface area contributed by atoms with Crippen LogP contribution >= 0.6 is 0 Å². The van der Waals surface area contributed by atoms with Crippen molar-refractivity contribution in [3.8, 4) is 0 Å². The predicted octanol–water partition coefficient (Wildman–Crippen LogP) is -0.0138. The van der Waals surface area contributed by atoms with Gasteiger partial charge in [0.25, 0.3) is 0 Å². The van der Waals surface area contributed by atoms with Crippen LogP contribution in [0.15, 0.2) is 55.6 Å². The predicted molar refractivity (Wildman–Crippen MR) is 68.5 cm³/mol. The topological polar surface area (TPSA) is 58.2 Å². The van der Waals surface area contributed by atoms with Gasteiger partial charge in [-0.1, -0.05) is 0 Å². The van der Waals surface area contributed by atoms with Gasteiger partial charge in [-0.3, -0.25) is 0 Å². The molecule has 0 fully saturated rings. The molecule has 4 nitrogen and oxygen atoms in total. The van der Waals surface area contributed by atoms with E-state index in [0.29, 0.717) is 0 Å². The standard InChI is InChI=1S/C6H5.2C3H5NO.Sb/c1-2-4-6-5-3-1;2*1-2-3(4)5;/h1-5H;2*2H,1H2,(H2,4,5);/q;;;+2/p-2. The van der Waals surface area contributed by atoms with Crippen molar-refractivity contribution in [1.82, 2.24) is 6.95 Å². The molecular formula is C12H13N2O2Sb. The molecule has 5 heteroatoms. The Kier molecular flexibility index (Phi) is 5.50. The average Bonchev–Trinajstić information content (AvgIpc) is 2.38. The van der Waals surface area contributed by atoms with Crippen LogP contribution in [-0.2, 0) is 9.59 Å². The van der Waals surface area contributed by atoms with Crippen LogP contribution in [0.4, 0.5) is 0 Å². The van der Waals surface area contributed by atoms with Crippen molar-refractivity contribution >= 4 is 36.1 Å². The number of carbonyl (C=O) groups is 2. The number of rotatable bonds is 5. The first-order valence-corrected chi connectivity index (χ1v) is 8.71. The van der Waals surface area contributed by atoms with Gasteiger partial charge in [0, 0.05) is 0 Å². The fourth-order valence-corrected chi connectivity index (χ4v) is 5.06. The quantitative estimate of drug-likeness (QED) is 0.586. The third-order valence-corrected chi connectivity index (χ3v) is 6.69. The van der Waals surface area contributed by atoms with Crippen molar-refractivity contribution in [2.24, 2.45) is 0 Å². The van der Waals surface area contributed by atoms with Crippen LogP contribution in [-0.4, -0.2) is 32.6 Å². The van der Waals surface area contributed by atoms with Gasteiger partial charge in [0.1, 0.15) is 0 Å². The summed E-state index contributed by atoms with van der Waals surface area (Å²) in [6, 6.07) is 9.39. The summed E-state index contributed by atoms with van der Waals surface area (Å²) in [5.41, 5.74) is 0. The number of amides is 2. The van der Waals surface area contributed by atoms with Crippen molar-refractivity contribution in [1.29, 1.82) is 0 Å². The summed E-state index contributed by atoms with van der Waals surface area (Å²) in [4.78, 5) is 22.6. The summed E-state index contributed by atoms with van der Waals surface area (Å²) < 4.78 is 6.55. The Morgan fingerprint density at radius 2 is 1.47 bits per heavy atom. The Morgan fingerprint density at radius 1 is 1.00 bits per heavy atom. The number of hydrogen-bond donors (Lipinski definition) is 2. The summed E-state index contributed by atoms with van der Waals surface area (Å²) in [5.74, 6) is -0.553. The zero-order valence-electron chi connectivity index (χ0n) is 9.22. The summed E-state index contributed by atoms with van der Waals surface area (Å²) in [6.07, 6.45) is 2.39. The SMILES string of the molecule is C=CC(=O)[NH][Sb]([NH]C(=O)C=C)[c]1ccccc1. The van der Waals surface area contributed by atoms with Crippen LogP contribution in [0.25, 0.3) is 0 Å². The maximum absolute atomic E-state index is 11.3. The van der Waals surface area contributed by atoms with Gasteiger partial charge in [0.2, 0.25) is 0 Å². The van der Waals surface area contributed by atoms with E-state index in [1.807, 2.05) is 30.3 Å². The van der Waals surface area contributed by atoms with Crippen LogP contribution < -0.4 is 10.5 Å². The van der Waals surface area contributed by atoms with Gasteiger partial charge in [-0.15, -0.1) is 0 Å². The molecule has 0 aliphatic rings. The first-order chi connectivity index (χ1) is 8.17. The van der Waals surface area contributed by atoms with Crippen molar-refractivity contribution in [3.05, 3.63) is 55.6 Å². The number of hydrogen-bond acceptors (Lipinski definition) is 2. The van der Waals surface area contributed by atoms with Crippen LogP contribution in [0.3, 0.4) is 0 Å². The van der Waals surface area contributed by atoms with E-state index >= 15 is 0 Å². The van der Waals surface area contributed by atoms with Gasteiger partial charge in [-0.05, 0) is 0 Å². The van der Waals surface area contributed by atoms with Gasteiger partial charge in [0.05, 0.1) is 0 Å². The minimum atomic E-state index is -2.56. The Bertz CT molecular complexity index is 409. The van der Waals surface area contributed by atoms with Crippen molar-refractivity contribution in [3.63, 3.8) is 0 Å². The average molecular weight is 339 g/mol. The van der Waals surface area contributed by atoms with E-state index in [1.54, 1.807) is 0 Å². The first kappa shape index (κ1) is 13.5. The van der Waals surface area contributed by atoms with Crippen LogP contribution in [0.5, 0.6) is 0 Å². The molecule has 1 aromatic carbocycles. The third kappa shape index (κ3) is 4.45. The molecule has 0 saturated heterocycles. The van der Waals surface area contributed by atoms with Gasteiger partial charge in [-0.25, -0.2) is 0 Å². The number of benzene rings is 1. The molecular weight excluding hydrogens is 326 g/mol. The molecule has 0 aliphatic carbocycles. The summed E-state index contributed by atoms with van der Waals surface area (Å²) in [5, 5.41) is 0.